The molecule has 1 fully saturated rings. The number of para-hydroxylation sites is 1. The van der Waals surface area contributed by atoms with E-state index in [1.54, 1.807) is 29.1 Å². The SMILES string of the molecule is O=C(NCCCn1cccn1)[C@@H]1CC(=O)N(c2ccccc2F)C1. The van der Waals surface area contributed by atoms with E-state index in [1.165, 1.54) is 11.0 Å². The Morgan fingerprint density at radius 3 is 2.92 bits per heavy atom. The van der Waals surface area contributed by atoms with Crippen molar-refractivity contribution >= 4 is 17.5 Å². The molecule has 0 bridgehead atoms. The number of hydrogen-bond donors (Lipinski definition) is 1. The largest absolute Gasteiger partial charge is 0.356 e. The molecule has 0 aliphatic carbocycles. The van der Waals surface area contributed by atoms with E-state index in [4.69, 9.17) is 0 Å². The van der Waals surface area contributed by atoms with E-state index in [0.29, 0.717) is 6.54 Å². The van der Waals surface area contributed by atoms with Crippen LogP contribution in [0.1, 0.15) is 12.8 Å². The Labute approximate surface area is 139 Å². The van der Waals surface area contributed by atoms with E-state index in [-0.39, 0.29) is 30.5 Å². The maximum atomic E-state index is 13.8. The lowest BCUT2D eigenvalue weighted by Gasteiger charge is -2.17. The zero-order chi connectivity index (χ0) is 16.9. The van der Waals surface area contributed by atoms with Crippen LogP contribution >= 0.6 is 0 Å². The Morgan fingerprint density at radius 1 is 1.33 bits per heavy atom. The lowest BCUT2D eigenvalue weighted by atomic mass is 10.1. The van der Waals surface area contributed by atoms with Crippen molar-refractivity contribution in [1.29, 1.82) is 0 Å². The molecule has 0 unspecified atom stereocenters. The predicted molar refractivity (Wildman–Crippen MR) is 86.7 cm³/mol. The van der Waals surface area contributed by atoms with Crippen molar-refractivity contribution in [2.24, 2.45) is 5.92 Å². The molecular formula is C17H19FN4O2. The molecule has 0 saturated carbocycles. The summed E-state index contributed by atoms with van der Waals surface area (Å²) in [5, 5.41) is 6.93. The van der Waals surface area contributed by atoms with Gasteiger partial charge < -0.3 is 10.2 Å². The Kier molecular flexibility index (Phi) is 4.88. The van der Waals surface area contributed by atoms with Crippen molar-refractivity contribution in [2.75, 3.05) is 18.0 Å². The van der Waals surface area contributed by atoms with Gasteiger partial charge in [-0.2, -0.15) is 5.10 Å². The number of rotatable bonds is 6. The van der Waals surface area contributed by atoms with Gasteiger partial charge in [0.25, 0.3) is 0 Å². The van der Waals surface area contributed by atoms with Crippen LogP contribution in [0.3, 0.4) is 0 Å². The van der Waals surface area contributed by atoms with Crippen LogP contribution in [-0.4, -0.2) is 34.7 Å². The van der Waals surface area contributed by atoms with Crippen LogP contribution in [0.2, 0.25) is 0 Å². The van der Waals surface area contributed by atoms with Gasteiger partial charge in [-0.1, -0.05) is 12.1 Å². The summed E-state index contributed by atoms with van der Waals surface area (Å²) in [4.78, 5) is 25.7. The molecule has 3 rings (SSSR count). The van der Waals surface area contributed by atoms with Crippen LogP contribution in [0.4, 0.5) is 10.1 Å². The molecule has 0 radical (unpaired) electrons. The van der Waals surface area contributed by atoms with E-state index in [9.17, 15) is 14.0 Å². The number of nitrogens with zero attached hydrogens (tertiary/aromatic N) is 3. The summed E-state index contributed by atoms with van der Waals surface area (Å²) in [5.41, 5.74) is 0.233. The number of amides is 2. The molecule has 6 nitrogen and oxygen atoms in total. The lowest BCUT2D eigenvalue weighted by molar-refractivity contribution is -0.126. The number of hydrogen-bond acceptors (Lipinski definition) is 3. The molecule has 1 aromatic heterocycles. The Balaban J connectivity index is 1.50. The number of carbonyl (C=O) groups excluding carboxylic acids is 2. The smallest absolute Gasteiger partial charge is 0.227 e. The van der Waals surface area contributed by atoms with Crippen LogP contribution in [0.15, 0.2) is 42.7 Å². The molecule has 126 valence electrons. The first-order valence-corrected chi connectivity index (χ1v) is 7.95. The van der Waals surface area contributed by atoms with Gasteiger partial charge in [0.2, 0.25) is 11.8 Å². The van der Waals surface area contributed by atoms with Crippen molar-refractivity contribution in [1.82, 2.24) is 15.1 Å². The zero-order valence-electron chi connectivity index (χ0n) is 13.2. The average Bonchev–Trinajstić information content (AvgIpc) is 3.22. The molecule has 1 N–H and O–H groups in total. The van der Waals surface area contributed by atoms with E-state index in [0.717, 1.165) is 13.0 Å². The molecule has 1 atom stereocenters. The highest BCUT2D eigenvalue weighted by Crippen LogP contribution is 2.27. The Morgan fingerprint density at radius 2 is 2.17 bits per heavy atom. The highest BCUT2D eigenvalue weighted by atomic mass is 19.1. The number of aryl methyl sites for hydroxylation is 1. The van der Waals surface area contributed by atoms with Crippen molar-refractivity contribution in [3.63, 3.8) is 0 Å². The van der Waals surface area contributed by atoms with Gasteiger partial charge in [-0.25, -0.2) is 4.39 Å². The first-order valence-electron chi connectivity index (χ1n) is 7.95. The average molecular weight is 330 g/mol. The second kappa shape index (κ2) is 7.25. The van der Waals surface area contributed by atoms with Crippen LogP contribution in [0.25, 0.3) is 0 Å². The molecule has 1 saturated heterocycles. The minimum Gasteiger partial charge on any atom is -0.356 e. The fraction of sp³-hybridized carbons (Fsp3) is 0.353. The monoisotopic (exact) mass is 330 g/mol. The standard InChI is InChI=1S/C17H19FN4O2/c18-14-5-1-2-6-15(14)22-12-13(11-16(22)23)17(24)19-7-3-9-21-10-4-8-20-21/h1-2,4-6,8,10,13H,3,7,9,11-12H2,(H,19,24)/t13-/m1/s1. The fourth-order valence-corrected chi connectivity index (χ4v) is 2.82. The van der Waals surface area contributed by atoms with Crippen LogP contribution in [0, 0.1) is 11.7 Å². The molecule has 1 aliphatic heterocycles. The molecule has 2 aromatic rings. The van der Waals surface area contributed by atoms with Gasteiger partial charge in [-0.05, 0) is 24.6 Å². The molecule has 0 spiro atoms. The quantitative estimate of drug-likeness (QED) is 0.818. The van der Waals surface area contributed by atoms with Crippen LogP contribution < -0.4 is 10.2 Å². The molecular weight excluding hydrogens is 311 g/mol. The maximum Gasteiger partial charge on any atom is 0.227 e. The highest BCUT2D eigenvalue weighted by Gasteiger charge is 2.35. The Bertz CT molecular complexity index is 717. The fourth-order valence-electron chi connectivity index (χ4n) is 2.82. The number of carbonyl (C=O) groups is 2. The summed E-state index contributed by atoms with van der Waals surface area (Å²) in [6.07, 6.45) is 4.44. The summed E-state index contributed by atoms with van der Waals surface area (Å²) in [6, 6.07) is 7.96. The number of halogens is 1. The summed E-state index contributed by atoms with van der Waals surface area (Å²) < 4.78 is 15.6. The molecule has 2 heterocycles. The maximum absolute atomic E-state index is 13.8. The normalized spacial score (nSPS) is 17.3. The number of anilines is 1. The number of nitrogens with one attached hydrogen (secondary N) is 1. The number of benzene rings is 1. The van der Waals surface area contributed by atoms with E-state index in [2.05, 4.69) is 10.4 Å². The van der Waals surface area contributed by atoms with Crippen molar-refractivity contribution in [3.8, 4) is 0 Å². The van der Waals surface area contributed by atoms with Gasteiger partial charge in [0.05, 0.1) is 11.6 Å². The van der Waals surface area contributed by atoms with Gasteiger partial charge in [-0.3, -0.25) is 14.3 Å². The van der Waals surface area contributed by atoms with Gasteiger partial charge in [-0.15, -0.1) is 0 Å². The first-order chi connectivity index (χ1) is 11.6. The third kappa shape index (κ3) is 3.61. The minimum absolute atomic E-state index is 0.110. The summed E-state index contributed by atoms with van der Waals surface area (Å²) >= 11 is 0. The van der Waals surface area contributed by atoms with Gasteiger partial charge in [0.1, 0.15) is 5.82 Å². The van der Waals surface area contributed by atoms with Crippen LogP contribution in [0.5, 0.6) is 0 Å². The van der Waals surface area contributed by atoms with Gasteiger partial charge in [0, 0.05) is 38.4 Å². The number of aromatic nitrogens is 2. The predicted octanol–water partition coefficient (Wildman–Crippen LogP) is 1.58. The van der Waals surface area contributed by atoms with Gasteiger partial charge >= 0.3 is 0 Å². The van der Waals surface area contributed by atoms with E-state index < -0.39 is 11.7 Å². The van der Waals surface area contributed by atoms with E-state index in [1.807, 2.05) is 12.3 Å². The van der Waals surface area contributed by atoms with Crippen molar-refractivity contribution in [2.45, 2.75) is 19.4 Å². The second-order valence-electron chi connectivity index (χ2n) is 5.77. The molecule has 2 amide bonds. The third-order valence-electron chi connectivity index (χ3n) is 4.06. The summed E-state index contributed by atoms with van der Waals surface area (Å²) in [6.45, 7) is 1.45. The second-order valence-corrected chi connectivity index (χ2v) is 5.77. The molecule has 24 heavy (non-hydrogen) atoms. The van der Waals surface area contributed by atoms with Gasteiger partial charge in [0.15, 0.2) is 0 Å². The van der Waals surface area contributed by atoms with Crippen molar-refractivity contribution in [3.05, 3.63) is 48.5 Å². The lowest BCUT2D eigenvalue weighted by Crippen LogP contribution is -2.34. The first kappa shape index (κ1) is 16.2. The van der Waals surface area contributed by atoms with Crippen molar-refractivity contribution < 1.29 is 14.0 Å². The van der Waals surface area contributed by atoms with Crippen LogP contribution in [-0.2, 0) is 16.1 Å². The highest BCUT2D eigenvalue weighted by molar-refractivity contribution is 6.00. The zero-order valence-corrected chi connectivity index (χ0v) is 13.2. The minimum atomic E-state index is -0.453. The molecule has 1 aromatic carbocycles. The topological polar surface area (TPSA) is 67.2 Å². The molecule has 7 heteroatoms. The molecule has 1 aliphatic rings. The Hall–Kier alpha value is -2.70. The summed E-state index contributed by atoms with van der Waals surface area (Å²) in [7, 11) is 0. The third-order valence-corrected chi connectivity index (χ3v) is 4.06. The summed E-state index contributed by atoms with van der Waals surface area (Å²) in [5.74, 6) is -1.28. The van der Waals surface area contributed by atoms with E-state index >= 15 is 0 Å².